The largest absolute Gasteiger partial charge is 0.573 e. The molecule has 0 bridgehead atoms. The molecule has 0 aliphatic heterocycles. The molecule has 276 valence electrons. The molecule has 2 aliphatic rings. The van der Waals surface area contributed by atoms with Gasteiger partial charge in [0.1, 0.15) is 0 Å². The Balaban J connectivity index is 1.50. The van der Waals surface area contributed by atoms with Crippen LogP contribution in [0.25, 0.3) is 66.1 Å². The van der Waals surface area contributed by atoms with Gasteiger partial charge in [-0.3, -0.25) is 9.97 Å². The molecule has 0 fully saturated rings. The number of fused-ring (bicyclic) bond motifs is 6. The summed E-state index contributed by atoms with van der Waals surface area (Å²) in [6.45, 7) is 16.3. The van der Waals surface area contributed by atoms with Crippen LogP contribution >= 0.6 is 0 Å². The number of rotatable bonds is 3. The van der Waals surface area contributed by atoms with E-state index in [1.165, 1.54) is 0 Å². The van der Waals surface area contributed by atoms with Crippen LogP contribution in [0.5, 0.6) is 5.75 Å². The molecule has 3 aromatic carbocycles. The Labute approximate surface area is 304 Å². The zero-order valence-electron chi connectivity index (χ0n) is 27.2. The van der Waals surface area contributed by atoms with Gasteiger partial charge in [-0.2, -0.15) is 8.78 Å². The highest BCUT2D eigenvalue weighted by molar-refractivity contribution is 5.90. The molecule has 0 N–H and O–H groups in total. The smallest absolute Gasteiger partial charge is 0.399 e. The maximum absolute atomic E-state index is 15.1. The normalized spacial score (nSPS) is 13.4. The van der Waals surface area contributed by atoms with Crippen LogP contribution in [0.4, 0.5) is 48.3 Å². The van der Waals surface area contributed by atoms with E-state index in [1.54, 1.807) is 12.1 Å². The van der Waals surface area contributed by atoms with Gasteiger partial charge in [0, 0.05) is 40.0 Å². The first-order valence-electron chi connectivity index (χ1n) is 15.2. The summed E-state index contributed by atoms with van der Waals surface area (Å²) in [6.07, 6.45) is -5.35. The van der Waals surface area contributed by atoms with E-state index in [0.29, 0.717) is 6.20 Å². The number of ether oxygens (including phenoxy) is 1. The Hall–Kier alpha value is -7.45. The maximum Gasteiger partial charge on any atom is 0.573 e. The van der Waals surface area contributed by atoms with Crippen molar-refractivity contribution in [1.29, 1.82) is 10.5 Å². The molecule has 2 heterocycles. The molecule has 0 radical (unpaired) electrons. The van der Waals surface area contributed by atoms with Crippen LogP contribution < -0.4 is 15.2 Å². The van der Waals surface area contributed by atoms with Crippen molar-refractivity contribution < 1.29 is 53.0 Å². The Morgan fingerprint density at radius 1 is 0.643 bits per heavy atom. The van der Waals surface area contributed by atoms with Crippen molar-refractivity contribution in [1.82, 2.24) is 19.9 Å². The second-order valence-corrected chi connectivity index (χ2v) is 11.8. The molecule has 5 aromatic rings. The second kappa shape index (κ2) is 12.8. The lowest BCUT2D eigenvalue weighted by Crippen LogP contribution is -2.26. The molecular weight excluding hydrogens is 769 g/mol. The van der Waals surface area contributed by atoms with Crippen LogP contribution in [-0.2, 0) is 12.8 Å². The van der Waals surface area contributed by atoms with Gasteiger partial charge in [-0.05, 0) is 18.1 Å². The van der Waals surface area contributed by atoms with Gasteiger partial charge in [0.2, 0.25) is 17.4 Å². The summed E-state index contributed by atoms with van der Waals surface area (Å²) in [5, 5.41) is 19.7. The average molecular weight is 779 g/mol. The van der Waals surface area contributed by atoms with Crippen LogP contribution in [0, 0.1) is 89.3 Å². The van der Waals surface area contributed by atoms with E-state index in [1.807, 2.05) is 0 Å². The van der Waals surface area contributed by atoms with Gasteiger partial charge in [0.05, 0.1) is 83.0 Å². The maximum atomic E-state index is 15.1. The minimum atomic E-state index is -5.74. The standard InChI is InChI=1S/C36H9F11N8O/c1-10-25(37)27(39)23(28(40)26(10)38)17-8-52-33-13(54-17)4-11-19(15(6-48)50-2)22-12(20(21(11)33)16(7-49)51-3)5-14-34(22)53-9-18(55-14)24-29(41)31(43)35(32(44)30(24)42)56-36(45,46)47/h8-9H,4-5H2,1H3/b19-15+,20-16-. The number of hydrogen-bond donors (Lipinski definition) is 0. The summed E-state index contributed by atoms with van der Waals surface area (Å²) in [5.74, 6) is -19.1. The molecule has 7 rings (SSSR count). The van der Waals surface area contributed by atoms with E-state index < -0.39 is 111 Å². The molecule has 0 saturated carbocycles. The van der Waals surface area contributed by atoms with E-state index in [-0.39, 0.29) is 55.5 Å². The van der Waals surface area contributed by atoms with Crippen molar-refractivity contribution in [2.75, 3.05) is 0 Å². The van der Waals surface area contributed by atoms with Gasteiger partial charge in [-0.1, -0.05) is 0 Å². The minimum Gasteiger partial charge on any atom is -0.399 e. The fourth-order valence-corrected chi connectivity index (χ4v) is 6.63. The highest BCUT2D eigenvalue weighted by Crippen LogP contribution is 2.42. The Morgan fingerprint density at radius 2 is 1.02 bits per heavy atom. The number of benzene rings is 3. The van der Waals surface area contributed by atoms with E-state index in [2.05, 4.69) is 34.4 Å². The Bertz CT molecular complexity index is 2900. The molecule has 2 aliphatic carbocycles. The van der Waals surface area contributed by atoms with Crippen LogP contribution in [0.1, 0.15) is 28.1 Å². The lowest BCUT2D eigenvalue weighted by Gasteiger charge is -2.14. The zero-order valence-corrected chi connectivity index (χ0v) is 27.2. The van der Waals surface area contributed by atoms with Gasteiger partial charge in [0.25, 0.3) is 11.4 Å². The van der Waals surface area contributed by atoms with Crippen molar-refractivity contribution in [2.24, 2.45) is 0 Å². The van der Waals surface area contributed by atoms with E-state index in [9.17, 15) is 50.0 Å². The van der Waals surface area contributed by atoms with Crippen LogP contribution in [0.2, 0.25) is 0 Å². The summed E-state index contributed by atoms with van der Waals surface area (Å²) >= 11 is 0. The van der Waals surface area contributed by atoms with Crippen molar-refractivity contribution >= 4 is 11.4 Å². The molecule has 56 heavy (non-hydrogen) atoms. The number of alkyl halides is 3. The predicted octanol–water partition coefficient (Wildman–Crippen LogP) is 7.16. The lowest BCUT2D eigenvalue weighted by atomic mass is 9.92. The number of nitriles is 2. The molecule has 0 spiro atoms. The number of hydrogen-bond acceptors (Lipinski definition) is 7. The van der Waals surface area contributed by atoms with Gasteiger partial charge in [-0.15, -0.1) is 13.2 Å². The van der Waals surface area contributed by atoms with Crippen molar-refractivity contribution in [3.8, 4) is 62.9 Å². The van der Waals surface area contributed by atoms with Gasteiger partial charge in [0.15, 0.2) is 34.9 Å². The fraction of sp³-hybridized carbons (Fsp3) is 0.111. The quantitative estimate of drug-likeness (QED) is 0.106. The molecule has 2 aromatic heterocycles. The summed E-state index contributed by atoms with van der Waals surface area (Å²) < 4.78 is 160. The highest BCUT2D eigenvalue weighted by Gasteiger charge is 2.39. The number of aromatic nitrogens is 4. The number of nitrogens with zero attached hydrogens (tertiary/aromatic N) is 8. The molecular formula is C36H9F11N8O. The molecule has 20 heteroatoms. The second-order valence-electron chi connectivity index (χ2n) is 11.8. The Morgan fingerprint density at radius 3 is 1.36 bits per heavy atom. The third-order valence-corrected chi connectivity index (χ3v) is 8.90. The first-order valence-corrected chi connectivity index (χ1v) is 15.2. The monoisotopic (exact) mass is 778 g/mol. The van der Waals surface area contributed by atoms with Crippen molar-refractivity contribution in [3.05, 3.63) is 120 Å². The third-order valence-electron chi connectivity index (χ3n) is 8.90. The van der Waals surface area contributed by atoms with Crippen LogP contribution in [0.15, 0.2) is 12.4 Å². The van der Waals surface area contributed by atoms with Gasteiger partial charge < -0.3 is 4.74 Å². The predicted molar refractivity (Wildman–Crippen MR) is 167 cm³/mol. The van der Waals surface area contributed by atoms with E-state index >= 15 is 8.78 Å². The van der Waals surface area contributed by atoms with Crippen molar-refractivity contribution in [3.63, 3.8) is 0 Å². The molecule has 0 atom stereocenters. The average Bonchev–Trinajstić information content (AvgIpc) is 3.73. The molecule has 0 amide bonds. The lowest BCUT2D eigenvalue weighted by molar-refractivity contribution is -0.276. The first-order chi connectivity index (χ1) is 26.5. The van der Waals surface area contributed by atoms with Crippen molar-refractivity contribution in [2.45, 2.75) is 26.1 Å². The molecule has 0 saturated heterocycles. The van der Waals surface area contributed by atoms with E-state index in [4.69, 9.17) is 13.1 Å². The summed E-state index contributed by atoms with van der Waals surface area (Å²) in [6, 6.07) is 3.40. The summed E-state index contributed by atoms with van der Waals surface area (Å²) in [7, 11) is 0. The SMILES string of the molecule is [C-]#[N+]/C(C#N)=c1/c2c(/c(=C(\C#N)[N+]#[C-])c3c1-c1ncc(-c4c(F)c(F)c(C)c(F)c4F)nc1C3)-c1ncc(-c3c(F)c(F)c(OC(F)(F)F)c(F)c3F)nc1C2. The Kier molecular flexibility index (Phi) is 8.46. The summed E-state index contributed by atoms with van der Waals surface area (Å²) in [4.78, 5) is 23.1. The first kappa shape index (κ1) is 36.9. The fourth-order valence-electron chi connectivity index (χ4n) is 6.63. The third kappa shape index (κ3) is 5.26. The van der Waals surface area contributed by atoms with Crippen LogP contribution in [0.3, 0.4) is 0 Å². The van der Waals surface area contributed by atoms with E-state index in [0.717, 1.165) is 13.1 Å². The zero-order chi connectivity index (χ0) is 40.7. The molecule has 9 nitrogen and oxygen atoms in total. The molecule has 0 unspecified atom stereocenters. The summed E-state index contributed by atoms with van der Waals surface area (Å²) in [5.41, 5.74) is -7.59. The topological polar surface area (TPSA) is 117 Å². The van der Waals surface area contributed by atoms with Gasteiger partial charge in [-0.25, -0.2) is 56.5 Å². The van der Waals surface area contributed by atoms with Crippen LogP contribution in [-0.4, -0.2) is 26.3 Å². The highest BCUT2D eigenvalue weighted by atomic mass is 19.4. The number of halogens is 11. The van der Waals surface area contributed by atoms with Gasteiger partial charge >= 0.3 is 6.36 Å². The minimum absolute atomic E-state index is 0.00253.